The average Bonchev–Trinajstić information content (AvgIpc) is 3.24. The predicted molar refractivity (Wildman–Crippen MR) is 128 cm³/mol. The van der Waals surface area contributed by atoms with Gasteiger partial charge in [-0.15, -0.1) is 24.0 Å². The molecule has 1 N–H and O–H groups in total. The molecule has 162 valence electrons. The molecule has 1 aromatic rings. The quantitative estimate of drug-likeness (QED) is 0.356. The largest absolute Gasteiger partial charge is 0.357 e. The number of aliphatic imine (C=N–C) groups is 1. The molecule has 2 saturated heterocycles. The lowest BCUT2D eigenvalue weighted by atomic mass is 10.1. The fourth-order valence-electron chi connectivity index (χ4n) is 3.87. The summed E-state index contributed by atoms with van der Waals surface area (Å²) in [5, 5.41) is 3.42. The molecule has 0 unspecified atom stereocenters. The molecule has 0 atom stereocenters. The zero-order valence-corrected chi connectivity index (χ0v) is 20.1. The molecule has 2 aliphatic rings. The predicted octanol–water partition coefficient (Wildman–Crippen LogP) is 1.76. The van der Waals surface area contributed by atoms with E-state index < -0.39 is 0 Å². The minimum absolute atomic E-state index is 0. The van der Waals surface area contributed by atoms with Crippen molar-refractivity contribution in [3.8, 4) is 0 Å². The van der Waals surface area contributed by atoms with E-state index in [0.717, 1.165) is 77.6 Å². The molecule has 1 aromatic heterocycles. The zero-order valence-electron chi connectivity index (χ0n) is 17.8. The highest BCUT2D eigenvalue weighted by atomic mass is 127. The van der Waals surface area contributed by atoms with Crippen molar-refractivity contribution in [2.45, 2.75) is 33.1 Å². The van der Waals surface area contributed by atoms with Crippen molar-refractivity contribution in [3.63, 3.8) is 0 Å². The van der Waals surface area contributed by atoms with Crippen LogP contribution < -0.4 is 5.32 Å². The van der Waals surface area contributed by atoms with Gasteiger partial charge < -0.3 is 15.1 Å². The Hall–Kier alpha value is -1.42. The molecule has 29 heavy (non-hydrogen) atoms. The molecule has 8 heteroatoms. The van der Waals surface area contributed by atoms with Crippen LogP contribution in [0.3, 0.4) is 0 Å². The Kier molecular flexibility index (Phi) is 10.1. The Morgan fingerprint density at radius 3 is 2.52 bits per heavy atom. The first-order valence-corrected chi connectivity index (χ1v) is 10.6. The van der Waals surface area contributed by atoms with Gasteiger partial charge in [-0.1, -0.05) is 0 Å². The normalized spacial score (nSPS) is 17.9. The minimum atomic E-state index is 0. The summed E-state index contributed by atoms with van der Waals surface area (Å²) in [5.74, 6) is 1.28. The van der Waals surface area contributed by atoms with Gasteiger partial charge in [0.2, 0.25) is 5.91 Å². The number of amides is 1. The summed E-state index contributed by atoms with van der Waals surface area (Å²) in [7, 11) is 0. The van der Waals surface area contributed by atoms with Gasteiger partial charge in [0.1, 0.15) is 0 Å². The van der Waals surface area contributed by atoms with E-state index in [9.17, 15) is 4.79 Å². The Morgan fingerprint density at radius 2 is 1.86 bits per heavy atom. The van der Waals surface area contributed by atoms with Gasteiger partial charge in [0.05, 0.1) is 6.54 Å². The standard InChI is InChI=1S/C21H34N6O.HI/c1-3-23-21(24-9-7-19-6-8-22-16-18(19)2)27-14-12-25(13-15-27)17-20(28)26-10-4-5-11-26;/h6,8,16H,3-5,7,9-15,17H2,1-2H3,(H,23,24);1H. The van der Waals surface area contributed by atoms with Crippen molar-refractivity contribution < 1.29 is 4.79 Å². The number of aromatic nitrogens is 1. The summed E-state index contributed by atoms with van der Waals surface area (Å²) in [6.45, 7) is 11.9. The second-order valence-electron chi connectivity index (χ2n) is 7.64. The van der Waals surface area contributed by atoms with Crippen LogP contribution in [0.25, 0.3) is 0 Å². The van der Waals surface area contributed by atoms with Gasteiger partial charge in [-0.3, -0.25) is 19.7 Å². The first-order chi connectivity index (χ1) is 13.7. The molecule has 1 amide bonds. The van der Waals surface area contributed by atoms with E-state index in [1.165, 1.54) is 11.1 Å². The second-order valence-corrected chi connectivity index (χ2v) is 7.64. The van der Waals surface area contributed by atoms with E-state index in [4.69, 9.17) is 4.99 Å². The van der Waals surface area contributed by atoms with Crippen LogP contribution in [0.1, 0.15) is 30.9 Å². The molecule has 0 aliphatic carbocycles. The fourth-order valence-corrected chi connectivity index (χ4v) is 3.87. The van der Waals surface area contributed by atoms with Gasteiger partial charge in [0.15, 0.2) is 5.96 Å². The van der Waals surface area contributed by atoms with Crippen LogP contribution in [0.2, 0.25) is 0 Å². The molecule has 0 saturated carbocycles. The third-order valence-electron chi connectivity index (χ3n) is 5.60. The molecule has 2 fully saturated rings. The summed E-state index contributed by atoms with van der Waals surface area (Å²) in [6, 6.07) is 2.08. The highest BCUT2D eigenvalue weighted by Gasteiger charge is 2.24. The number of pyridine rings is 1. The summed E-state index contributed by atoms with van der Waals surface area (Å²) in [6.07, 6.45) is 6.99. The van der Waals surface area contributed by atoms with Crippen LogP contribution in [0.5, 0.6) is 0 Å². The maximum atomic E-state index is 12.4. The number of halogens is 1. The zero-order chi connectivity index (χ0) is 19.8. The van der Waals surface area contributed by atoms with Crippen molar-refractivity contribution in [1.29, 1.82) is 0 Å². The number of nitrogens with one attached hydrogen (secondary N) is 1. The number of aryl methyl sites for hydroxylation is 1. The van der Waals surface area contributed by atoms with E-state index in [-0.39, 0.29) is 24.0 Å². The van der Waals surface area contributed by atoms with E-state index in [1.807, 2.05) is 17.3 Å². The average molecular weight is 514 g/mol. The fraction of sp³-hybridized carbons (Fsp3) is 0.667. The van der Waals surface area contributed by atoms with Crippen molar-refractivity contribution in [2.75, 3.05) is 58.9 Å². The minimum Gasteiger partial charge on any atom is -0.357 e. The maximum absolute atomic E-state index is 12.4. The molecule has 0 bridgehead atoms. The number of guanidine groups is 1. The van der Waals surface area contributed by atoms with Gasteiger partial charge in [-0.05, 0) is 50.3 Å². The van der Waals surface area contributed by atoms with Crippen LogP contribution in [0.4, 0.5) is 0 Å². The molecule has 3 rings (SSSR count). The maximum Gasteiger partial charge on any atom is 0.236 e. The smallest absolute Gasteiger partial charge is 0.236 e. The molecule has 3 heterocycles. The lowest BCUT2D eigenvalue weighted by molar-refractivity contribution is -0.131. The number of carbonyl (C=O) groups is 1. The number of carbonyl (C=O) groups excluding carboxylic acids is 1. The SMILES string of the molecule is CCNC(=NCCc1ccncc1C)N1CCN(CC(=O)N2CCCC2)CC1.I. The number of rotatable bonds is 6. The van der Waals surface area contributed by atoms with Crippen molar-refractivity contribution >= 4 is 35.8 Å². The lowest BCUT2D eigenvalue weighted by Gasteiger charge is -2.36. The van der Waals surface area contributed by atoms with E-state index in [0.29, 0.717) is 12.5 Å². The Morgan fingerprint density at radius 1 is 1.14 bits per heavy atom. The molecular formula is C21H35IN6O. The molecule has 7 nitrogen and oxygen atoms in total. The van der Waals surface area contributed by atoms with Crippen molar-refractivity contribution in [2.24, 2.45) is 4.99 Å². The molecule has 0 aromatic carbocycles. The van der Waals surface area contributed by atoms with Crippen LogP contribution in [-0.4, -0.2) is 90.5 Å². The van der Waals surface area contributed by atoms with Crippen LogP contribution in [0.15, 0.2) is 23.5 Å². The lowest BCUT2D eigenvalue weighted by Crippen LogP contribution is -2.54. The Bertz CT molecular complexity index is 669. The monoisotopic (exact) mass is 514 g/mol. The third kappa shape index (κ3) is 7.09. The Labute approximate surface area is 192 Å². The van der Waals surface area contributed by atoms with Gasteiger partial charge in [0.25, 0.3) is 0 Å². The Balaban J connectivity index is 0.00000300. The van der Waals surface area contributed by atoms with E-state index >= 15 is 0 Å². The molecular weight excluding hydrogens is 479 g/mol. The second kappa shape index (κ2) is 12.3. The number of hydrogen-bond donors (Lipinski definition) is 1. The molecule has 0 spiro atoms. The van der Waals surface area contributed by atoms with Crippen LogP contribution >= 0.6 is 24.0 Å². The number of likely N-dealkylation sites (tertiary alicyclic amines) is 1. The summed E-state index contributed by atoms with van der Waals surface area (Å²) >= 11 is 0. The third-order valence-corrected chi connectivity index (χ3v) is 5.60. The van der Waals surface area contributed by atoms with Gasteiger partial charge in [0, 0.05) is 64.8 Å². The van der Waals surface area contributed by atoms with Crippen molar-refractivity contribution in [1.82, 2.24) is 25.0 Å². The van der Waals surface area contributed by atoms with Crippen LogP contribution in [-0.2, 0) is 11.2 Å². The van der Waals surface area contributed by atoms with Gasteiger partial charge in [-0.2, -0.15) is 0 Å². The van der Waals surface area contributed by atoms with Crippen molar-refractivity contribution in [3.05, 3.63) is 29.6 Å². The summed E-state index contributed by atoms with van der Waals surface area (Å²) < 4.78 is 0. The highest BCUT2D eigenvalue weighted by Crippen LogP contribution is 2.10. The van der Waals surface area contributed by atoms with Gasteiger partial charge in [-0.25, -0.2) is 0 Å². The van der Waals surface area contributed by atoms with Crippen LogP contribution in [0, 0.1) is 6.92 Å². The van der Waals surface area contributed by atoms with E-state index in [1.54, 1.807) is 0 Å². The topological polar surface area (TPSA) is 64.1 Å². The molecule has 0 radical (unpaired) electrons. The first-order valence-electron chi connectivity index (χ1n) is 10.6. The number of hydrogen-bond acceptors (Lipinski definition) is 4. The highest BCUT2D eigenvalue weighted by molar-refractivity contribution is 14.0. The van der Waals surface area contributed by atoms with Gasteiger partial charge >= 0.3 is 0 Å². The number of nitrogens with zero attached hydrogens (tertiary/aromatic N) is 5. The molecule has 2 aliphatic heterocycles. The first kappa shape index (κ1) is 23.9. The summed E-state index contributed by atoms with van der Waals surface area (Å²) in [5.41, 5.74) is 2.53. The van der Waals surface area contributed by atoms with E-state index in [2.05, 4.69) is 40.0 Å². The number of piperazine rings is 1. The summed E-state index contributed by atoms with van der Waals surface area (Å²) in [4.78, 5) is 28.0.